The summed E-state index contributed by atoms with van der Waals surface area (Å²) in [5.74, 6) is 0. The van der Waals surface area contributed by atoms with Crippen molar-refractivity contribution in [2.75, 3.05) is 0 Å². The van der Waals surface area contributed by atoms with Crippen LogP contribution in [-0.2, 0) is 0 Å². The van der Waals surface area contributed by atoms with Gasteiger partial charge in [-0.1, -0.05) is 36.4 Å². The van der Waals surface area contributed by atoms with Gasteiger partial charge in [-0.15, -0.1) is 0 Å². The molecule has 0 fully saturated rings. The van der Waals surface area contributed by atoms with E-state index >= 15 is 0 Å². The van der Waals surface area contributed by atoms with Gasteiger partial charge >= 0.3 is 0 Å². The molecule has 2 heteroatoms. The van der Waals surface area contributed by atoms with Crippen molar-refractivity contribution in [1.82, 2.24) is 10.3 Å². The molecular formula is C16H20N2. The number of hydrogen-bond donors (Lipinski definition) is 1. The Labute approximate surface area is 109 Å². The lowest BCUT2D eigenvalue weighted by molar-refractivity contribution is 0.486. The van der Waals surface area contributed by atoms with Crippen molar-refractivity contribution < 1.29 is 0 Å². The summed E-state index contributed by atoms with van der Waals surface area (Å²) in [6, 6.07) is 17.2. The van der Waals surface area contributed by atoms with Crippen LogP contribution in [0.1, 0.15) is 42.9 Å². The van der Waals surface area contributed by atoms with Crippen LogP contribution in [-0.4, -0.2) is 4.98 Å². The molecule has 2 aromatic rings. The number of hydrogen-bond acceptors (Lipinski definition) is 2. The molecule has 0 aliphatic rings. The Bertz CT molecular complexity index is 493. The van der Waals surface area contributed by atoms with E-state index in [0.717, 1.165) is 11.4 Å². The Morgan fingerprint density at radius 2 is 1.61 bits per heavy atom. The van der Waals surface area contributed by atoms with E-state index in [9.17, 15) is 0 Å². The maximum absolute atomic E-state index is 4.56. The monoisotopic (exact) mass is 240 g/mol. The molecule has 1 aromatic heterocycles. The average Bonchev–Trinajstić information content (AvgIpc) is 2.39. The highest BCUT2D eigenvalue weighted by Gasteiger charge is 2.11. The van der Waals surface area contributed by atoms with Crippen LogP contribution in [0.15, 0.2) is 48.5 Å². The van der Waals surface area contributed by atoms with Crippen molar-refractivity contribution in [2.45, 2.75) is 32.9 Å². The van der Waals surface area contributed by atoms with E-state index in [2.05, 4.69) is 60.5 Å². The van der Waals surface area contributed by atoms with Gasteiger partial charge in [0.05, 0.1) is 5.69 Å². The quantitative estimate of drug-likeness (QED) is 0.879. The number of rotatable bonds is 4. The molecule has 0 aliphatic heterocycles. The lowest BCUT2D eigenvalue weighted by atomic mass is 10.1. The SMILES string of the molecule is Cc1cccc([C@H](C)N[C@H](C)c2ccccc2)n1. The number of aryl methyl sites for hydroxylation is 1. The fourth-order valence-electron chi connectivity index (χ4n) is 2.10. The fraction of sp³-hybridized carbons (Fsp3) is 0.312. The van der Waals surface area contributed by atoms with Crippen molar-refractivity contribution in [3.63, 3.8) is 0 Å². The first-order valence-corrected chi connectivity index (χ1v) is 6.41. The summed E-state index contributed by atoms with van der Waals surface area (Å²) in [6.45, 7) is 6.36. The molecule has 0 spiro atoms. The molecule has 2 rings (SSSR count). The number of nitrogens with one attached hydrogen (secondary N) is 1. The van der Waals surface area contributed by atoms with Crippen LogP contribution in [0, 0.1) is 6.92 Å². The van der Waals surface area contributed by atoms with Crippen LogP contribution >= 0.6 is 0 Å². The molecule has 0 amide bonds. The van der Waals surface area contributed by atoms with E-state index in [0.29, 0.717) is 6.04 Å². The van der Waals surface area contributed by atoms with Crippen LogP contribution in [0.2, 0.25) is 0 Å². The Balaban J connectivity index is 2.05. The van der Waals surface area contributed by atoms with Crippen molar-refractivity contribution in [2.24, 2.45) is 0 Å². The predicted molar refractivity (Wildman–Crippen MR) is 75.4 cm³/mol. The maximum atomic E-state index is 4.56. The second-order valence-electron chi connectivity index (χ2n) is 4.72. The molecule has 0 saturated carbocycles. The van der Waals surface area contributed by atoms with E-state index in [4.69, 9.17) is 0 Å². The molecule has 0 unspecified atom stereocenters. The lowest BCUT2D eigenvalue weighted by Gasteiger charge is -2.20. The minimum atomic E-state index is 0.250. The molecule has 1 N–H and O–H groups in total. The molecular weight excluding hydrogens is 220 g/mol. The summed E-state index contributed by atoms with van der Waals surface area (Å²) >= 11 is 0. The van der Waals surface area contributed by atoms with Crippen molar-refractivity contribution in [3.8, 4) is 0 Å². The van der Waals surface area contributed by atoms with Gasteiger partial charge in [-0.05, 0) is 38.5 Å². The highest BCUT2D eigenvalue weighted by atomic mass is 15.0. The first-order valence-electron chi connectivity index (χ1n) is 6.41. The van der Waals surface area contributed by atoms with E-state index in [1.165, 1.54) is 5.56 Å². The molecule has 94 valence electrons. The number of aromatic nitrogens is 1. The fourth-order valence-corrected chi connectivity index (χ4v) is 2.10. The Morgan fingerprint density at radius 1 is 0.889 bits per heavy atom. The average molecular weight is 240 g/mol. The van der Waals surface area contributed by atoms with Crippen LogP contribution in [0.5, 0.6) is 0 Å². The molecule has 1 heterocycles. The van der Waals surface area contributed by atoms with Crippen LogP contribution < -0.4 is 5.32 Å². The second kappa shape index (κ2) is 5.78. The molecule has 18 heavy (non-hydrogen) atoms. The lowest BCUT2D eigenvalue weighted by Crippen LogP contribution is -2.23. The first kappa shape index (κ1) is 12.8. The van der Waals surface area contributed by atoms with Crippen LogP contribution in [0.3, 0.4) is 0 Å². The summed E-state index contributed by atoms with van der Waals surface area (Å²) in [7, 11) is 0. The summed E-state index contributed by atoms with van der Waals surface area (Å²) < 4.78 is 0. The van der Waals surface area contributed by atoms with Gasteiger partial charge < -0.3 is 5.32 Å². The van der Waals surface area contributed by atoms with E-state index in [1.54, 1.807) is 0 Å². The molecule has 2 nitrogen and oxygen atoms in total. The number of benzene rings is 1. The van der Waals surface area contributed by atoms with Gasteiger partial charge in [0.1, 0.15) is 0 Å². The van der Waals surface area contributed by atoms with E-state index in [1.807, 2.05) is 19.1 Å². The second-order valence-corrected chi connectivity index (χ2v) is 4.72. The predicted octanol–water partition coefficient (Wildman–Crippen LogP) is 3.80. The van der Waals surface area contributed by atoms with Crippen LogP contribution in [0.4, 0.5) is 0 Å². The molecule has 0 bridgehead atoms. The number of nitrogens with zero attached hydrogens (tertiary/aromatic N) is 1. The van der Waals surface area contributed by atoms with Crippen molar-refractivity contribution in [3.05, 3.63) is 65.5 Å². The Hall–Kier alpha value is -1.67. The number of pyridine rings is 1. The topological polar surface area (TPSA) is 24.9 Å². The normalized spacial score (nSPS) is 14.2. The first-order chi connectivity index (χ1) is 8.66. The minimum absolute atomic E-state index is 0.250. The van der Waals surface area contributed by atoms with Gasteiger partial charge in [-0.25, -0.2) is 0 Å². The third-order valence-corrected chi connectivity index (χ3v) is 3.15. The van der Waals surface area contributed by atoms with Gasteiger partial charge in [0.2, 0.25) is 0 Å². The summed E-state index contributed by atoms with van der Waals surface area (Å²) in [6.07, 6.45) is 0. The molecule has 0 aliphatic carbocycles. The zero-order valence-electron chi connectivity index (χ0n) is 11.2. The third-order valence-electron chi connectivity index (χ3n) is 3.15. The van der Waals surface area contributed by atoms with E-state index in [-0.39, 0.29) is 6.04 Å². The van der Waals surface area contributed by atoms with Gasteiger partial charge in [0.25, 0.3) is 0 Å². The summed E-state index contributed by atoms with van der Waals surface area (Å²) in [5.41, 5.74) is 3.46. The van der Waals surface area contributed by atoms with E-state index < -0.39 is 0 Å². The third kappa shape index (κ3) is 3.17. The van der Waals surface area contributed by atoms with Crippen LogP contribution in [0.25, 0.3) is 0 Å². The standard InChI is InChI=1S/C16H20N2/c1-12-8-7-11-16(17-12)14(3)18-13(2)15-9-5-4-6-10-15/h4-11,13-14,18H,1-3H3/t13-,14+/m1/s1. The zero-order chi connectivity index (χ0) is 13.0. The minimum Gasteiger partial charge on any atom is -0.302 e. The molecule has 0 saturated heterocycles. The maximum Gasteiger partial charge on any atom is 0.0573 e. The van der Waals surface area contributed by atoms with Gasteiger partial charge in [-0.2, -0.15) is 0 Å². The van der Waals surface area contributed by atoms with Crippen molar-refractivity contribution in [1.29, 1.82) is 0 Å². The smallest absolute Gasteiger partial charge is 0.0573 e. The molecule has 0 radical (unpaired) electrons. The van der Waals surface area contributed by atoms with Gasteiger partial charge in [-0.3, -0.25) is 4.98 Å². The molecule has 1 aromatic carbocycles. The Kier molecular flexibility index (Phi) is 4.11. The highest BCUT2D eigenvalue weighted by molar-refractivity contribution is 5.19. The molecule has 2 atom stereocenters. The Morgan fingerprint density at radius 3 is 2.28 bits per heavy atom. The van der Waals surface area contributed by atoms with Crippen molar-refractivity contribution >= 4 is 0 Å². The summed E-state index contributed by atoms with van der Waals surface area (Å²) in [4.78, 5) is 4.56. The van der Waals surface area contributed by atoms with Gasteiger partial charge in [0.15, 0.2) is 0 Å². The zero-order valence-corrected chi connectivity index (χ0v) is 11.2. The highest BCUT2D eigenvalue weighted by Crippen LogP contribution is 2.17. The summed E-state index contributed by atoms with van der Waals surface area (Å²) in [5, 5.41) is 3.58. The largest absolute Gasteiger partial charge is 0.302 e. The van der Waals surface area contributed by atoms with Gasteiger partial charge in [0, 0.05) is 17.8 Å².